The van der Waals surface area contributed by atoms with Crippen molar-refractivity contribution in [2.75, 3.05) is 7.11 Å². The number of rotatable bonds is 3. The van der Waals surface area contributed by atoms with E-state index in [0.717, 1.165) is 11.3 Å². The van der Waals surface area contributed by atoms with Crippen LogP contribution in [-0.2, 0) is 0 Å². The molecule has 1 unspecified atom stereocenters. The highest BCUT2D eigenvalue weighted by Crippen LogP contribution is 2.28. The molecule has 4 heteroatoms. The van der Waals surface area contributed by atoms with Gasteiger partial charge < -0.3 is 10.5 Å². The molecule has 3 nitrogen and oxygen atoms in total. The fourth-order valence-corrected chi connectivity index (χ4v) is 2.53. The summed E-state index contributed by atoms with van der Waals surface area (Å²) in [6.07, 6.45) is 3.46. The quantitative estimate of drug-likeness (QED) is 0.887. The highest BCUT2D eigenvalue weighted by Gasteiger charge is 2.13. The van der Waals surface area contributed by atoms with Gasteiger partial charge in [0, 0.05) is 11.1 Å². The van der Waals surface area contributed by atoms with Crippen LogP contribution in [0.15, 0.2) is 29.9 Å². The fourth-order valence-electron chi connectivity index (χ4n) is 1.57. The van der Waals surface area contributed by atoms with Crippen LogP contribution in [0.2, 0.25) is 0 Å². The number of nitrogens with zero attached hydrogens (tertiary/aromatic N) is 1. The van der Waals surface area contributed by atoms with Crippen LogP contribution in [0, 0.1) is 6.92 Å². The standard InChI is InChI=1S/C12H14N2OS/c1-8-3-4-16-12(8)11(13)9-5-10(15-2)7-14-6-9/h3-7,11H,13H2,1-2H3. The van der Waals surface area contributed by atoms with Crippen molar-refractivity contribution in [2.24, 2.45) is 5.73 Å². The Morgan fingerprint density at radius 1 is 1.44 bits per heavy atom. The van der Waals surface area contributed by atoms with Crippen LogP contribution in [0.4, 0.5) is 0 Å². The van der Waals surface area contributed by atoms with Crippen molar-refractivity contribution >= 4 is 11.3 Å². The third kappa shape index (κ3) is 2.08. The average molecular weight is 234 g/mol. The molecule has 1 atom stereocenters. The molecule has 0 aliphatic carbocycles. The predicted octanol–water partition coefficient (Wildman–Crippen LogP) is 2.51. The van der Waals surface area contributed by atoms with E-state index in [0.29, 0.717) is 0 Å². The van der Waals surface area contributed by atoms with Crippen molar-refractivity contribution < 1.29 is 4.74 Å². The molecule has 0 spiro atoms. The van der Waals surface area contributed by atoms with Crippen LogP contribution in [0.5, 0.6) is 5.75 Å². The van der Waals surface area contributed by atoms with Gasteiger partial charge >= 0.3 is 0 Å². The summed E-state index contributed by atoms with van der Waals surface area (Å²) >= 11 is 1.67. The van der Waals surface area contributed by atoms with Crippen molar-refractivity contribution in [1.29, 1.82) is 0 Å². The Kier molecular flexibility index (Phi) is 3.22. The normalized spacial score (nSPS) is 12.4. The van der Waals surface area contributed by atoms with Gasteiger partial charge in [-0.3, -0.25) is 4.98 Å². The lowest BCUT2D eigenvalue weighted by Gasteiger charge is -2.12. The molecule has 0 fully saturated rings. The lowest BCUT2D eigenvalue weighted by molar-refractivity contribution is 0.412. The van der Waals surface area contributed by atoms with E-state index in [1.165, 1.54) is 10.4 Å². The summed E-state index contributed by atoms with van der Waals surface area (Å²) in [4.78, 5) is 5.29. The van der Waals surface area contributed by atoms with E-state index >= 15 is 0 Å². The van der Waals surface area contributed by atoms with E-state index in [2.05, 4.69) is 23.4 Å². The van der Waals surface area contributed by atoms with Gasteiger partial charge in [-0.1, -0.05) is 0 Å². The molecule has 0 radical (unpaired) electrons. The van der Waals surface area contributed by atoms with Gasteiger partial charge in [0.25, 0.3) is 0 Å². The van der Waals surface area contributed by atoms with E-state index in [9.17, 15) is 0 Å². The van der Waals surface area contributed by atoms with E-state index in [1.807, 2.05) is 6.07 Å². The molecule has 84 valence electrons. The molecule has 0 aromatic carbocycles. The Bertz CT molecular complexity index is 481. The molecule has 0 saturated heterocycles. The number of aryl methyl sites for hydroxylation is 1. The number of nitrogens with two attached hydrogens (primary N) is 1. The zero-order chi connectivity index (χ0) is 11.5. The molecule has 2 rings (SSSR count). The highest BCUT2D eigenvalue weighted by molar-refractivity contribution is 7.10. The summed E-state index contributed by atoms with van der Waals surface area (Å²) in [5.41, 5.74) is 8.40. The number of pyridine rings is 1. The average Bonchev–Trinajstić information content (AvgIpc) is 2.74. The van der Waals surface area contributed by atoms with Crippen LogP contribution in [0.25, 0.3) is 0 Å². The van der Waals surface area contributed by atoms with Gasteiger partial charge in [0.15, 0.2) is 0 Å². The first-order chi connectivity index (χ1) is 7.72. The summed E-state index contributed by atoms with van der Waals surface area (Å²) in [6.45, 7) is 2.07. The largest absolute Gasteiger partial charge is 0.495 e. The molecule has 0 bridgehead atoms. The fraction of sp³-hybridized carbons (Fsp3) is 0.250. The molecule has 0 aliphatic rings. The lowest BCUT2D eigenvalue weighted by Crippen LogP contribution is -2.11. The minimum atomic E-state index is -0.123. The smallest absolute Gasteiger partial charge is 0.137 e. The van der Waals surface area contributed by atoms with Crippen molar-refractivity contribution in [2.45, 2.75) is 13.0 Å². The summed E-state index contributed by atoms with van der Waals surface area (Å²) in [6, 6.07) is 3.88. The Morgan fingerprint density at radius 3 is 2.88 bits per heavy atom. The monoisotopic (exact) mass is 234 g/mol. The van der Waals surface area contributed by atoms with Crippen LogP contribution in [-0.4, -0.2) is 12.1 Å². The third-order valence-corrected chi connectivity index (χ3v) is 3.62. The second-order valence-electron chi connectivity index (χ2n) is 3.60. The van der Waals surface area contributed by atoms with E-state index in [-0.39, 0.29) is 6.04 Å². The number of aromatic nitrogens is 1. The van der Waals surface area contributed by atoms with Gasteiger partial charge in [-0.05, 0) is 35.6 Å². The molecule has 16 heavy (non-hydrogen) atoms. The number of hydrogen-bond acceptors (Lipinski definition) is 4. The first-order valence-electron chi connectivity index (χ1n) is 5.01. The number of ether oxygens (including phenoxy) is 1. The zero-order valence-electron chi connectivity index (χ0n) is 9.31. The second-order valence-corrected chi connectivity index (χ2v) is 4.55. The molecule has 2 heterocycles. The summed E-state index contributed by atoms with van der Waals surface area (Å²) < 4.78 is 5.14. The molecule has 2 N–H and O–H groups in total. The van der Waals surface area contributed by atoms with Gasteiger partial charge in [0.1, 0.15) is 5.75 Å². The molecule has 0 saturated carbocycles. The van der Waals surface area contributed by atoms with Gasteiger partial charge in [-0.15, -0.1) is 11.3 Å². The Labute approximate surface area is 98.9 Å². The van der Waals surface area contributed by atoms with Crippen LogP contribution < -0.4 is 10.5 Å². The minimum Gasteiger partial charge on any atom is -0.495 e. The maximum absolute atomic E-state index is 6.20. The molecular weight excluding hydrogens is 220 g/mol. The first-order valence-corrected chi connectivity index (χ1v) is 5.89. The van der Waals surface area contributed by atoms with Gasteiger partial charge in [0.2, 0.25) is 0 Å². The number of hydrogen-bond donors (Lipinski definition) is 1. The zero-order valence-corrected chi connectivity index (χ0v) is 10.1. The third-order valence-electron chi connectivity index (χ3n) is 2.51. The van der Waals surface area contributed by atoms with E-state index in [4.69, 9.17) is 10.5 Å². The van der Waals surface area contributed by atoms with Crippen molar-refractivity contribution in [3.8, 4) is 5.75 Å². The number of methoxy groups -OCH3 is 1. The Balaban J connectivity index is 2.33. The van der Waals surface area contributed by atoms with E-state index < -0.39 is 0 Å². The van der Waals surface area contributed by atoms with Crippen LogP contribution in [0.3, 0.4) is 0 Å². The van der Waals surface area contributed by atoms with Gasteiger partial charge in [-0.25, -0.2) is 0 Å². The SMILES string of the molecule is COc1cncc(C(N)c2sccc2C)c1. The van der Waals surface area contributed by atoms with Crippen LogP contribution in [0.1, 0.15) is 22.0 Å². The van der Waals surface area contributed by atoms with E-state index in [1.54, 1.807) is 30.8 Å². The maximum Gasteiger partial charge on any atom is 0.137 e. The Morgan fingerprint density at radius 2 is 2.25 bits per heavy atom. The first kappa shape index (κ1) is 11.1. The molecule has 2 aromatic rings. The van der Waals surface area contributed by atoms with Crippen LogP contribution >= 0.6 is 11.3 Å². The summed E-state index contributed by atoms with van der Waals surface area (Å²) in [5.74, 6) is 0.738. The van der Waals surface area contributed by atoms with Crippen molar-refractivity contribution in [3.63, 3.8) is 0 Å². The second kappa shape index (κ2) is 4.63. The van der Waals surface area contributed by atoms with Crippen molar-refractivity contribution in [1.82, 2.24) is 4.98 Å². The molecule has 0 aliphatic heterocycles. The van der Waals surface area contributed by atoms with Gasteiger partial charge in [-0.2, -0.15) is 0 Å². The summed E-state index contributed by atoms with van der Waals surface area (Å²) in [5, 5.41) is 2.05. The van der Waals surface area contributed by atoms with Gasteiger partial charge in [0.05, 0.1) is 19.3 Å². The minimum absolute atomic E-state index is 0.123. The highest BCUT2D eigenvalue weighted by atomic mass is 32.1. The topological polar surface area (TPSA) is 48.1 Å². The maximum atomic E-state index is 6.20. The molecular formula is C12H14N2OS. The predicted molar refractivity (Wildman–Crippen MR) is 65.9 cm³/mol. The number of thiophene rings is 1. The molecule has 0 amide bonds. The van der Waals surface area contributed by atoms with Crippen molar-refractivity contribution in [3.05, 3.63) is 45.9 Å². The summed E-state index contributed by atoms with van der Waals surface area (Å²) in [7, 11) is 1.63. The lowest BCUT2D eigenvalue weighted by atomic mass is 10.1. The Hall–Kier alpha value is -1.39. The molecule has 2 aromatic heterocycles.